The largest absolute Gasteiger partial charge is 0.497 e. The van der Waals surface area contributed by atoms with E-state index < -0.39 is 0 Å². The van der Waals surface area contributed by atoms with Gasteiger partial charge in [-0.05, 0) is 29.5 Å². The fourth-order valence-corrected chi connectivity index (χ4v) is 1.85. The van der Waals surface area contributed by atoms with Crippen LogP contribution in [0.3, 0.4) is 0 Å². The van der Waals surface area contributed by atoms with E-state index in [9.17, 15) is 4.79 Å². The Morgan fingerprint density at radius 1 is 1.18 bits per heavy atom. The lowest BCUT2D eigenvalue weighted by atomic mass is 9.86. The van der Waals surface area contributed by atoms with Gasteiger partial charge in [0, 0.05) is 0 Å². The molecule has 0 saturated carbocycles. The van der Waals surface area contributed by atoms with Gasteiger partial charge in [0.15, 0.2) is 0 Å². The van der Waals surface area contributed by atoms with Crippen LogP contribution in [0.1, 0.15) is 31.7 Å². The number of benzene rings is 1. The summed E-state index contributed by atoms with van der Waals surface area (Å²) in [6, 6.07) is 7.85. The second kappa shape index (κ2) is 6.28. The summed E-state index contributed by atoms with van der Waals surface area (Å²) in [6.45, 7) is 4.22. The lowest BCUT2D eigenvalue weighted by Crippen LogP contribution is -2.13. The zero-order chi connectivity index (χ0) is 12.8. The Morgan fingerprint density at radius 2 is 1.76 bits per heavy atom. The summed E-state index contributed by atoms with van der Waals surface area (Å²) < 4.78 is 9.85. The van der Waals surface area contributed by atoms with E-state index in [1.807, 2.05) is 24.3 Å². The van der Waals surface area contributed by atoms with Gasteiger partial charge in [0.1, 0.15) is 5.75 Å². The van der Waals surface area contributed by atoms with Crippen LogP contribution in [0.4, 0.5) is 0 Å². The topological polar surface area (TPSA) is 35.5 Å². The molecule has 0 heterocycles. The molecule has 0 saturated heterocycles. The van der Waals surface area contributed by atoms with Gasteiger partial charge in [-0.15, -0.1) is 0 Å². The number of carbonyl (C=O) groups excluding carboxylic acids is 1. The number of methoxy groups -OCH3 is 2. The van der Waals surface area contributed by atoms with Gasteiger partial charge in [-0.2, -0.15) is 0 Å². The van der Waals surface area contributed by atoms with Gasteiger partial charge in [-0.25, -0.2) is 0 Å². The number of rotatable bonds is 5. The van der Waals surface area contributed by atoms with Crippen LogP contribution in [-0.4, -0.2) is 20.2 Å². The molecule has 0 bridgehead atoms. The molecule has 1 aromatic carbocycles. The van der Waals surface area contributed by atoms with Gasteiger partial charge in [0.05, 0.1) is 20.6 Å². The number of esters is 1. The van der Waals surface area contributed by atoms with Gasteiger partial charge in [-0.1, -0.05) is 26.0 Å². The minimum absolute atomic E-state index is 0.167. The van der Waals surface area contributed by atoms with Crippen LogP contribution in [-0.2, 0) is 9.53 Å². The summed E-state index contributed by atoms with van der Waals surface area (Å²) in [7, 11) is 3.07. The molecule has 0 fully saturated rings. The third-order valence-electron chi connectivity index (χ3n) is 2.96. The molecule has 17 heavy (non-hydrogen) atoms. The fourth-order valence-electron chi connectivity index (χ4n) is 1.85. The Bertz CT molecular complexity index is 354. The monoisotopic (exact) mass is 236 g/mol. The van der Waals surface area contributed by atoms with Crippen molar-refractivity contribution in [1.82, 2.24) is 0 Å². The molecule has 1 rings (SSSR count). The van der Waals surface area contributed by atoms with E-state index in [0.717, 1.165) is 11.3 Å². The maximum absolute atomic E-state index is 11.4. The molecule has 1 unspecified atom stereocenters. The Balaban J connectivity index is 2.85. The van der Waals surface area contributed by atoms with Gasteiger partial charge in [0.2, 0.25) is 0 Å². The minimum Gasteiger partial charge on any atom is -0.497 e. The highest BCUT2D eigenvalue weighted by Gasteiger charge is 2.19. The number of hydrogen-bond donors (Lipinski definition) is 0. The van der Waals surface area contributed by atoms with E-state index in [1.165, 1.54) is 7.11 Å². The third-order valence-corrected chi connectivity index (χ3v) is 2.96. The minimum atomic E-state index is -0.167. The smallest absolute Gasteiger partial charge is 0.306 e. The molecule has 0 amide bonds. The molecule has 3 heteroatoms. The molecule has 1 atom stereocenters. The van der Waals surface area contributed by atoms with Crippen molar-refractivity contribution in [2.45, 2.75) is 26.2 Å². The average Bonchev–Trinajstić information content (AvgIpc) is 2.35. The molecular weight excluding hydrogens is 216 g/mol. The van der Waals surface area contributed by atoms with Crippen molar-refractivity contribution in [3.63, 3.8) is 0 Å². The number of carbonyl (C=O) groups is 1. The highest BCUT2D eigenvalue weighted by molar-refractivity contribution is 5.70. The standard InChI is InChI=1S/C14H20O3/c1-10(2)13(9-14(15)17-4)11-5-7-12(16-3)8-6-11/h5-8,10,13H,9H2,1-4H3. The van der Waals surface area contributed by atoms with Gasteiger partial charge < -0.3 is 9.47 Å². The van der Waals surface area contributed by atoms with E-state index >= 15 is 0 Å². The fraction of sp³-hybridized carbons (Fsp3) is 0.500. The summed E-state index contributed by atoms with van der Waals surface area (Å²) in [5.41, 5.74) is 1.14. The lowest BCUT2D eigenvalue weighted by molar-refractivity contribution is -0.141. The predicted molar refractivity (Wildman–Crippen MR) is 67.2 cm³/mol. The summed E-state index contributed by atoms with van der Waals surface area (Å²) >= 11 is 0. The summed E-state index contributed by atoms with van der Waals surface area (Å²) in [5, 5.41) is 0. The molecule has 0 aliphatic carbocycles. The Hall–Kier alpha value is -1.51. The summed E-state index contributed by atoms with van der Waals surface area (Å²) in [4.78, 5) is 11.4. The van der Waals surface area contributed by atoms with Crippen LogP contribution < -0.4 is 4.74 Å². The molecule has 0 aliphatic rings. The molecular formula is C14H20O3. The third kappa shape index (κ3) is 3.77. The van der Waals surface area contributed by atoms with Crippen molar-refractivity contribution in [3.05, 3.63) is 29.8 Å². The summed E-state index contributed by atoms with van der Waals surface area (Å²) in [5.74, 6) is 1.24. The van der Waals surface area contributed by atoms with Crippen molar-refractivity contribution in [1.29, 1.82) is 0 Å². The Morgan fingerprint density at radius 3 is 2.18 bits per heavy atom. The first-order valence-electron chi connectivity index (χ1n) is 5.79. The van der Waals surface area contributed by atoms with Gasteiger partial charge >= 0.3 is 5.97 Å². The molecule has 94 valence electrons. The van der Waals surface area contributed by atoms with Crippen molar-refractivity contribution in [3.8, 4) is 5.75 Å². The van der Waals surface area contributed by atoms with E-state index in [0.29, 0.717) is 12.3 Å². The zero-order valence-corrected chi connectivity index (χ0v) is 10.9. The normalized spacial score (nSPS) is 12.3. The molecule has 1 aromatic rings. The lowest BCUT2D eigenvalue weighted by Gasteiger charge is -2.20. The van der Waals surface area contributed by atoms with Crippen LogP contribution in [0, 0.1) is 5.92 Å². The Labute approximate surface area is 103 Å². The second-order valence-corrected chi connectivity index (χ2v) is 4.40. The molecule has 3 nitrogen and oxygen atoms in total. The van der Waals surface area contributed by atoms with E-state index in [-0.39, 0.29) is 11.9 Å². The van der Waals surface area contributed by atoms with Crippen LogP contribution >= 0.6 is 0 Å². The number of hydrogen-bond acceptors (Lipinski definition) is 3. The molecule has 0 radical (unpaired) electrons. The molecule has 0 N–H and O–H groups in total. The highest BCUT2D eigenvalue weighted by Crippen LogP contribution is 2.29. The molecule has 0 aromatic heterocycles. The van der Waals surface area contributed by atoms with Gasteiger partial charge in [-0.3, -0.25) is 4.79 Å². The highest BCUT2D eigenvalue weighted by atomic mass is 16.5. The Kier molecular flexibility index (Phi) is 5.01. The zero-order valence-electron chi connectivity index (χ0n) is 10.9. The maximum atomic E-state index is 11.4. The second-order valence-electron chi connectivity index (χ2n) is 4.40. The van der Waals surface area contributed by atoms with Crippen LogP contribution in [0.15, 0.2) is 24.3 Å². The van der Waals surface area contributed by atoms with Crippen LogP contribution in [0.25, 0.3) is 0 Å². The van der Waals surface area contributed by atoms with Gasteiger partial charge in [0.25, 0.3) is 0 Å². The van der Waals surface area contributed by atoms with Crippen molar-refractivity contribution >= 4 is 5.97 Å². The number of ether oxygens (including phenoxy) is 2. The first-order chi connectivity index (χ1) is 8.08. The maximum Gasteiger partial charge on any atom is 0.306 e. The summed E-state index contributed by atoms with van der Waals surface area (Å²) in [6.07, 6.45) is 0.417. The van der Waals surface area contributed by atoms with Crippen molar-refractivity contribution in [2.24, 2.45) is 5.92 Å². The quantitative estimate of drug-likeness (QED) is 0.737. The first kappa shape index (κ1) is 13.6. The molecule has 0 aliphatic heterocycles. The molecule has 0 spiro atoms. The van der Waals surface area contributed by atoms with E-state index in [1.54, 1.807) is 7.11 Å². The van der Waals surface area contributed by atoms with Crippen molar-refractivity contribution < 1.29 is 14.3 Å². The van der Waals surface area contributed by atoms with Crippen LogP contribution in [0.5, 0.6) is 5.75 Å². The van der Waals surface area contributed by atoms with Crippen LogP contribution in [0.2, 0.25) is 0 Å². The van der Waals surface area contributed by atoms with E-state index in [4.69, 9.17) is 9.47 Å². The SMILES string of the molecule is COC(=O)CC(c1ccc(OC)cc1)C(C)C. The predicted octanol–water partition coefficient (Wildman–Crippen LogP) is 3.00. The van der Waals surface area contributed by atoms with Crippen molar-refractivity contribution in [2.75, 3.05) is 14.2 Å². The average molecular weight is 236 g/mol. The first-order valence-corrected chi connectivity index (χ1v) is 5.79. The van der Waals surface area contributed by atoms with E-state index in [2.05, 4.69) is 13.8 Å².